The van der Waals surface area contributed by atoms with Gasteiger partial charge in [0, 0.05) is 23.3 Å². The Hall–Kier alpha value is -2.83. The fourth-order valence-electron chi connectivity index (χ4n) is 3.85. The zero-order valence-corrected chi connectivity index (χ0v) is 17.1. The van der Waals surface area contributed by atoms with Crippen LogP contribution in [0, 0.1) is 0 Å². The predicted molar refractivity (Wildman–Crippen MR) is 119 cm³/mol. The van der Waals surface area contributed by atoms with Gasteiger partial charge >= 0.3 is 0 Å². The zero-order chi connectivity index (χ0) is 18.2. The summed E-state index contributed by atoms with van der Waals surface area (Å²) in [4.78, 5) is 24.3. The lowest BCUT2D eigenvalue weighted by Gasteiger charge is -2.26. The number of carbonyl (C=O) groups excluding carboxylic acids is 1. The van der Waals surface area contributed by atoms with Crippen LogP contribution in [0.5, 0.6) is 0 Å². The number of hydrogen-bond acceptors (Lipinski definition) is 4. The zero-order valence-electron chi connectivity index (χ0n) is 15.5. The number of nitrogens with one attached hydrogen (secondary N) is 3. The molecule has 1 aliphatic heterocycles. The van der Waals surface area contributed by atoms with Gasteiger partial charge < -0.3 is 10.3 Å². The van der Waals surface area contributed by atoms with Gasteiger partial charge in [-0.3, -0.25) is 10.1 Å². The summed E-state index contributed by atoms with van der Waals surface area (Å²) < 4.78 is 0. The highest BCUT2D eigenvalue weighted by Gasteiger charge is 2.25. The smallest absolute Gasteiger partial charge is 0.276 e. The Labute approximate surface area is 180 Å². The normalized spacial score (nSPS) is 19.0. The quantitative estimate of drug-likeness (QED) is 0.540. The van der Waals surface area contributed by atoms with Crippen LogP contribution in [0.25, 0.3) is 17.1 Å². The second kappa shape index (κ2) is 8.68. The van der Waals surface area contributed by atoms with Gasteiger partial charge in [-0.25, -0.2) is 9.98 Å². The molecule has 0 radical (unpaired) electrons. The van der Waals surface area contributed by atoms with E-state index in [1.807, 2.05) is 18.3 Å². The second-order valence-corrected chi connectivity index (χ2v) is 6.88. The number of aliphatic imine (C=N–C) groups is 1. The van der Waals surface area contributed by atoms with E-state index in [1.165, 1.54) is 11.1 Å². The largest absolute Gasteiger partial charge is 0.349 e. The summed E-state index contributed by atoms with van der Waals surface area (Å²) in [6.07, 6.45) is 8.63. The van der Waals surface area contributed by atoms with Crippen LogP contribution in [-0.2, 0) is 11.2 Å². The standard InChI is InChI=1S/C21H19N5O.2ClH/c27-20-18(11-14-12-23-19-16(14)8-4-10-22-19)25-21(26-20)24-17-9-3-6-13-5-1-2-7-15(13)17;;/h1-2,4-5,7-8,10-12,17H,3,6,9H2,(H,22,23)(H2,24,25,26,27);2*1H. The number of rotatable bonds is 2. The van der Waals surface area contributed by atoms with Gasteiger partial charge in [-0.05, 0) is 48.6 Å². The Kier molecular flexibility index (Phi) is 6.25. The van der Waals surface area contributed by atoms with Crippen molar-refractivity contribution in [3.8, 4) is 0 Å². The number of pyridine rings is 1. The number of aromatic amines is 1. The minimum Gasteiger partial charge on any atom is -0.349 e. The van der Waals surface area contributed by atoms with Crippen LogP contribution in [0.2, 0.25) is 0 Å². The van der Waals surface area contributed by atoms with Crippen molar-refractivity contribution in [3.63, 3.8) is 0 Å². The molecule has 1 aromatic carbocycles. The first-order chi connectivity index (χ1) is 13.3. The SMILES string of the molecule is Cl.Cl.O=C1NC(NC2CCCc3ccccc32)=NC1=Cc1c[nH]c2ncccc12. The number of fused-ring (bicyclic) bond motifs is 2. The van der Waals surface area contributed by atoms with Crippen LogP contribution in [0.15, 0.2) is 59.5 Å². The molecule has 0 fully saturated rings. The third kappa shape index (κ3) is 3.99. The van der Waals surface area contributed by atoms with E-state index in [2.05, 4.69) is 49.9 Å². The Balaban J connectivity index is 0.00000120. The first kappa shape index (κ1) is 20.9. The van der Waals surface area contributed by atoms with Gasteiger partial charge in [-0.2, -0.15) is 0 Å². The van der Waals surface area contributed by atoms with Crippen LogP contribution in [0.1, 0.15) is 35.6 Å². The third-order valence-corrected chi connectivity index (χ3v) is 5.15. The molecule has 2 aromatic heterocycles. The first-order valence-corrected chi connectivity index (χ1v) is 9.16. The van der Waals surface area contributed by atoms with Crippen molar-refractivity contribution in [2.75, 3.05) is 0 Å². The summed E-state index contributed by atoms with van der Waals surface area (Å²) in [5.74, 6) is 0.325. The molecule has 8 heteroatoms. The fourth-order valence-corrected chi connectivity index (χ4v) is 3.85. The van der Waals surface area contributed by atoms with E-state index in [0.717, 1.165) is 35.9 Å². The lowest BCUT2D eigenvalue weighted by molar-refractivity contribution is -0.115. The van der Waals surface area contributed by atoms with Crippen LogP contribution in [-0.4, -0.2) is 21.8 Å². The molecule has 5 rings (SSSR count). The highest BCUT2D eigenvalue weighted by Crippen LogP contribution is 2.29. The molecule has 1 atom stereocenters. The molecule has 1 amide bonds. The number of aromatic nitrogens is 2. The Morgan fingerprint density at radius 1 is 1.14 bits per heavy atom. The minimum atomic E-state index is -0.195. The van der Waals surface area contributed by atoms with Gasteiger partial charge in [0.25, 0.3) is 5.91 Å². The number of benzene rings is 1. The summed E-state index contributed by atoms with van der Waals surface area (Å²) in [7, 11) is 0. The number of H-pyrrole nitrogens is 1. The molecule has 0 bridgehead atoms. The lowest BCUT2D eigenvalue weighted by atomic mass is 9.88. The number of carbonyl (C=O) groups is 1. The number of guanidine groups is 1. The fraction of sp³-hybridized carbons (Fsp3) is 0.190. The van der Waals surface area contributed by atoms with Crippen LogP contribution < -0.4 is 10.6 Å². The molecule has 1 aliphatic carbocycles. The van der Waals surface area contributed by atoms with E-state index in [-0.39, 0.29) is 36.8 Å². The molecule has 29 heavy (non-hydrogen) atoms. The van der Waals surface area contributed by atoms with Gasteiger partial charge in [0.1, 0.15) is 11.3 Å². The van der Waals surface area contributed by atoms with Crippen LogP contribution in [0.3, 0.4) is 0 Å². The van der Waals surface area contributed by atoms with E-state index in [0.29, 0.717) is 11.7 Å². The maximum Gasteiger partial charge on any atom is 0.276 e. The summed E-state index contributed by atoms with van der Waals surface area (Å²) in [5, 5.41) is 7.22. The van der Waals surface area contributed by atoms with Crippen LogP contribution >= 0.6 is 24.8 Å². The molecule has 0 saturated carbocycles. The molecule has 3 N–H and O–H groups in total. The monoisotopic (exact) mass is 429 g/mol. The molecule has 3 aromatic rings. The molecule has 150 valence electrons. The van der Waals surface area contributed by atoms with Gasteiger partial charge in [-0.1, -0.05) is 24.3 Å². The molecule has 6 nitrogen and oxygen atoms in total. The number of nitrogens with zero attached hydrogens (tertiary/aromatic N) is 2. The average Bonchev–Trinajstić information content (AvgIpc) is 3.26. The molecular formula is C21H21Cl2N5O. The van der Waals surface area contributed by atoms with Gasteiger partial charge in [-0.15, -0.1) is 24.8 Å². The van der Waals surface area contributed by atoms with Gasteiger partial charge in [0.15, 0.2) is 0 Å². The van der Waals surface area contributed by atoms with Crippen molar-refractivity contribution >= 4 is 53.8 Å². The average molecular weight is 430 g/mol. The number of hydrogen-bond donors (Lipinski definition) is 3. The van der Waals surface area contributed by atoms with Gasteiger partial charge in [0.2, 0.25) is 5.96 Å². The number of halogens is 2. The molecule has 0 spiro atoms. The van der Waals surface area contributed by atoms with Crippen LogP contribution in [0.4, 0.5) is 0 Å². The Morgan fingerprint density at radius 3 is 2.90 bits per heavy atom. The summed E-state index contributed by atoms with van der Waals surface area (Å²) in [6, 6.07) is 12.5. The van der Waals surface area contributed by atoms with Crippen molar-refractivity contribution < 1.29 is 4.79 Å². The summed E-state index contributed by atoms with van der Waals surface area (Å²) >= 11 is 0. The highest BCUT2D eigenvalue weighted by atomic mass is 35.5. The van der Waals surface area contributed by atoms with E-state index < -0.39 is 0 Å². The predicted octanol–water partition coefficient (Wildman–Crippen LogP) is 3.90. The van der Waals surface area contributed by atoms with E-state index >= 15 is 0 Å². The molecule has 1 unspecified atom stereocenters. The van der Waals surface area contributed by atoms with E-state index in [1.54, 1.807) is 12.3 Å². The van der Waals surface area contributed by atoms with E-state index in [4.69, 9.17) is 0 Å². The molecule has 2 aliphatic rings. The maximum atomic E-state index is 12.4. The third-order valence-electron chi connectivity index (χ3n) is 5.15. The summed E-state index contributed by atoms with van der Waals surface area (Å²) in [6.45, 7) is 0. The molecule has 0 saturated heterocycles. The lowest BCUT2D eigenvalue weighted by Crippen LogP contribution is -2.39. The minimum absolute atomic E-state index is 0. The number of aryl methyl sites for hydroxylation is 1. The number of amides is 1. The van der Waals surface area contributed by atoms with Crippen molar-refractivity contribution in [1.29, 1.82) is 0 Å². The summed E-state index contributed by atoms with van der Waals surface area (Å²) in [5.41, 5.74) is 4.75. The molecule has 3 heterocycles. The van der Waals surface area contributed by atoms with Crippen molar-refractivity contribution in [2.45, 2.75) is 25.3 Å². The van der Waals surface area contributed by atoms with Crippen molar-refractivity contribution in [2.24, 2.45) is 4.99 Å². The Morgan fingerprint density at radius 2 is 2.00 bits per heavy atom. The van der Waals surface area contributed by atoms with Crippen molar-refractivity contribution in [1.82, 2.24) is 20.6 Å². The Bertz CT molecular complexity index is 1110. The highest BCUT2D eigenvalue weighted by molar-refractivity contribution is 6.14. The topological polar surface area (TPSA) is 82.2 Å². The second-order valence-electron chi connectivity index (χ2n) is 6.88. The maximum absolute atomic E-state index is 12.4. The van der Waals surface area contributed by atoms with Crippen molar-refractivity contribution in [3.05, 3.63) is 71.2 Å². The van der Waals surface area contributed by atoms with E-state index in [9.17, 15) is 4.79 Å². The molecular weight excluding hydrogens is 409 g/mol. The van der Waals surface area contributed by atoms with Gasteiger partial charge in [0.05, 0.1) is 6.04 Å². The first-order valence-electron chi connectivity index (χ1n) is 9.16.